The lowest BCUT2D eigenvalue weighted by molar-refractivity contribution is 0.101. The third kappa shape index (κ3) is 2.14. The molecule has 2 aromatic carbocycles. The van der Waals surface area contributed by atoms with Gasteiger partial charge in [-0.15, -0.1) is 0 Å². The van der Waals surface area contributed by atoms with Crippen LogP contribution in [0.25, 0.3) is 11.0 Å². The summed E-state index contributed by atoms with van der Waals surface area (Å²) >= 11 is 3.32. The van der Waals surface area contributed by atoms with E-state index in [-0.39, 0.29) is 11.3 Å². The Balaban J connectivity index is 2.08. The first-order valence-electron chi connectivity index (χ1n) is 5.74. The SMILES string of the molecule is O=C(c1ccc(F)c(F)c1)c1cc2cccc(Br)c2o1. The van der Waals surface area contributed by atoms with E-state index in [1.54, 1.807) is 18.2 Å². The van der Waals surface area contributed by atoms with Crippen molar-refractivity contribution in [3.63, 3.8) is 0 Å². The summed E-state index contributed by atoms with van der Waals surface area (Å²) in [6.07, 6.45) is 0. The Bertz CT molecular complexity index is 824. The van der Waals surface area contributed by atoms with Gasteiger partial charge in [0.2, 0.25) is 5.78 Å². The van der Waals surface area contributed by atoms with Crippen LogP contribution < -0.4 is 0 Å². The van der Waals surface area contributed by atoms with Crippen molar-refractivity contribution in [2.24, 2.45) is 0 Å². The summed E-state index contributed by atoms with van der Waals surface area (Å²) in [5.74, 6) is -2.47. The number of hydrogen-bond donors (Lipinski definition) is 0. The number of fused-ring (bicyclic) bond motifs is 1. The lowest BCUT2D eigenvalue weighted by Crippen LogP contribution is -2.00. The summed E-state index contributed by atoms with van der Waals surface area (Å²) in [5.41, 5.74) is 0.581. The highest BCUT2D eigenvalue weighted by molar-refractivity contribution is 9.10. The zero-order valence-corrected chi connectivity index (χ0v) is 11.6. The fourth-order valence-electron chi connectivity index (χ4n) is 1.92. The van der Waals surface area contributed by atoms with Crippen molar-refractivity contribution in [1.29, 1.82) is 0 Å². The number of hydrogen-bond acceptors (Lipinski definition) is 2. The number of carbonyl (C=O) groups is 1. The van der Waals surface area contributed by atoms with Crippen molar-refractivity contribution in [3.8, 4) is 0 Å². The summed E-state index contributed by atoms with van der Waals surface area (Å²) in [6.45, 7) is 0. The molecule has 0 N–H and O–H groups in total. The molecule has 0 aliphatic heterocycles. The van der Waals surface area contributed by atoms with E-state index in [4.69, 9.17) is 4.42 Å². The second-order valence-electron chi connectivity index (χ2n) is 4.23. The van der Waals surface area contributed by atoms with Crippen LogP contribution in [-0.2, 0) is 0 Å². The molecule has 0 aliphatic rings. The largest absolute Gasteiger partial charge is 0.451 e. The Kier molecular flexibility index (Phi) is 3.14. The topological polar surface area (TPSA) is 30.2 Å². The highest BCUT2D eigenvalue weighted by Crippen LogP contribution is 2.28. The fraction of sp³-hybridized carbons (Fsp3) is 0. The molecule has 0 amide bonds. The first-order valence-corrected chi connectivity index (χ1v) is 6.53. The normalized spacial score (nSPS) is 10.9. The van der Waals surface area contributed by atoms with Crippen LogP contribution in [0.2, 0.25) is 0 Å². The van der Waals surface area contributed by atoms with Crippen molar-refractivity contribution in [2.45, 2.75) is 0 Å². The van der Waals surface area contributed by atoms with E-state index in [1.165, 1.54) is 6.07 Å². The molecule has 0 aliphatic carbocycles. The zero-order chi connectivity index (χ0) is 14.3. The molecule has 0 saturated carbocycles. The van der Waals surface area contributed by atoms with Gasteiger partial charge in [-0.2, -0.15) is 0 Å². The Morgan fingerprint density at radius 2 is 1.85 bits per heavy atom. The molecular formula is C15H7BrF2O2. The van der Waals surface area contributed by atoms with Crippen LogP contribution in [0, 0.1) is 11.6 Å². The molecule has 0 spiro atoms. The molecule has 3 aromatic rings. The monoisotopic (exact) mass is 336 g/mol. The minimum atomic E-state index is -1.06. The van der Waals surface area contributed by atoms with Gasteiger partial charge in [0, 0.05) is 10.9 Å². The molecule has 0 fully saturated rings. The Morgan fingerprint density at radius 1 is 1.05 bits per heavy atom. The molecule has 0 atom stereocenters. The van der Waals surface area contributed by atoms with E-state index in [9.17, 15) is 13.6 Å². The smallest absolute Gasteiger partial charge is 0.228 e. The van der Waals surface area contributed by atoms with Crippen LogP contribution in [0.4, 0.5) is 8.78 Å². The number of para-hydroxylation sites is 1. The molecule has 1 heterocycles. The van der Waals surface area contributed by atoms with Crippen LogP contribution in [0.15, 0.2) is 51.4 Å². The van der Waals surface area contributed by atoms with Gasteiger partial charge < -0.3 is 4.42 Å². The highest BCUT2D eigenvalue weighted by atomic mass is 79.9. The third-order valence-corrected chi connectivity index (χ3v) is 3.53. The third-order valence-electron chi connectivity index (χ3n) is 2.90. The molecule has 3 rings (SSSR count). The maximum Gasteiger partial charge on any atom is 0.228 e. The van der Waals surface area contributed by atoms with E-state index in [2.05, 4.69) is 15.9 Å². The lowest BCUT2D eigenvalue weighted by Gasteiger charge is -1.98. The Labute approximate surface area is 121 Å². The number of furan rings is 1. The Morgan fingerprint density at radius 3 is 2.55 bits per heavy atom. The number of benzene rings is 2. The van der Waals surface area contributed by atoms with E-state index in [1.807, 2.05) is 6.07 Å². The van der Waals surface area contributed by atoms with Gasteiger partial charge in [-0.1, -0.05) is 12.1 Å². The molecule has 100 valence electrons. The zero-order valence-electron chi connectivity index (χ0n) is 9.99. The van der Waals surface area contributed by atoms with Crippen molar-refractivity contribution in [2.75, 3.05) is 0 Å². The summed E-state index contributed by atoms with van der Waals surface area (Å²) in [7, 11) is 0. The number of carbonyl (C=O) groups excluding carboxylic acids is 1. The molecule has 0 bridgehead atoms. The quantitative estimate of drug-likeness (QED) is 0.634. The summed E-state index contributed by atoms with van der Waals surface area (Å²) in [4.78, 5) is 12.2. The second kappa shape index (κ2) is 4.83. The van der Waals surface area contributed by atoms with Crippen LogP contribution in [0.3, 0.4) is 0 Å². The second-order valence-corrected chi connectivity index (χ2v) is 5.08. The average Bonchev–Trinajstić information content (AvgIpc) is 2.86. The maximum absolute atomic E-state index is 13.2. The van der Waals surface area contributed by atoms with E-state index >= 15 is 0 Å². The molecule has 20 heavy (non-hydrogen) atoms. The molecule has 0 saturated heterocycles. The van der Waals surface area contributed by atoms with E-state index in [0.717, 1.165) is 22.0 Å². The number of ketones is 1. The summed E-state index contributed by atoms with van der Waals surface area (Å²) in [6, 6.07) is 9.98. The van der Waals surface area contributed by atoms with Crippen molar-refractivity contribution >= 4 is 32.7 Å². The van der Waals surface area contributed by atoms with Crippen molar-refractivity contribution in [3.05, 3.63) is 69.9 Å². The van der Waals surface area contributed by atoms with Gasteiger partial charge in [0.25, 0.3) is 0 Å². The van der Waals surface area contributed by atoms with Gasteiger partial charge in [0.05, 0.1) is 4.47 Å². The van der Waals surface area contributed by atoms with Gasteiger partial charge in [0.15, 0.2) is 17.4 Å². The van der Waals surface area contributed by atoms with Crippen LogP contribution >= 0.6 is 15.9 Å². The standard InChI is InChI=1S/C15H7BrF2O2/c16-10-3-1-2-9-7-13(20-15(9)10)14(19)8-4-5-11(17)12(18)6-8/h1-7H. The first kappa shape index (κ1) is 13.0. The first-order chi connectivity index (χ1) is 9.56. The molecule has 0 unspecified atom stereocenters. The maximum atomic E-state index is 13.2. The molecular weight excluding hydrogens is 330 g/mol. The molecule has 0 radical (unpaired) electrons. The Hall–Kier alpha value is -2.01. The molecule has 1 aromatic heterocycles. The van der Waals surface area contributed by atoms with Crippen LogP contribution in [-0.4, -0.2) is 5.78 Å². The number of halogens is 3. The van der Waals surface area contributed by atoms with Gasteiger partial charge >= 0.3 is 0 Å². The van der Waals surface area contributed by atoms with Gasteiger partial charge in [-0.05, 0) is 46.3 Å². The van der Waals surface area contributed by atoms with Gasteiger partial charge in [-0.3, -0.25) is 4.79 Å². The minimum Gasteiger partial charge on any atom is -0.451 e. The van der Waals surface area contributed by atoms with Crippen LogP contribution in [0.1, 0.15) is 16.1 Å². The minimum absolute atomic E-state index is 0.0408. The summed E-state index contributed by atoms with van der Waals surface area (Å²) in [5, 5.41) is 0.755. The van der Waals surface area contributed by atoms with E-state index < -0.39 is 17.4 Å². The molecule has 5 heteroatoms. The highest BCUT2D eigenvalue weighted by Gasteiger charge is 2.17. The number of rotatable bonds is 2. The summed E-state index contributed by atoms with van der Waals surface area (Å²) < 4.78 is 32.2. The predicted molar refractivity (Wildman–Crippen MR) is 73.7 cm³/mol. The predicted octanol–water partition coefficient (Wildman–Crippen LogP) is 4.70. The van der Waals surface area contributed by atoms with Gasteiger partial charge in [0.1, 0.15) is 5.58 Å². The van der Waals surface area contributed by atoms with Crippen LogP contribution in [0.5, 0.6) is 0 Å². The average molecular weight is 337 g/mol. The van der Waals surface area contributed by atoms with E-state index in [0.29, 0.717) is 5.58 Å². The van der Waals surface area contributed by atoms with Crippen molar-refractivity contribution in [1.82, 2.24) is 0 Å². The fourth-order valence-corrected chi connectivity index (χ4v) is 2.38. The lowest BCUT2D eigenvalue weighted by atomic mass is 10.1. The van der Waals surface area contributed by atoms with Gasteiger partial charge in [-0.25, -0.2) is 8.78 Å². The molecule has 2 nitrogen and oxygen atoms in total. The van der Waals surface area contributed by atoms with Crippen molar-refractivity contribution < 1.29 is 18.0 Å².